The van der Waals surface area contributed by atoms with E-state index in [1.165, 1.54) is 12.1 Å². The molecule has 154 valence electrons. The Kier molecular flexibility index (Phi) is 7.29. The lowest BCUT2D eigenvalue weighted by Gasteiger charge is -2.13. The third-order valence-electron chi connectivity index (χ3n) is 4.15. The van der Waals surface area contributed by atoms with E-state index in [4.69, 9.17) is 26.2 Å². The molecule has 6 nitrogen and oxygen atoms in total. The van der Waals surface area contributed by atoms with Gasteiger partial charge in [0, 0.05) is 5.02 Å². The van der Waals surface area contributed by atoms with Crippen LogP contribution in [0.1, 0.15) is 15.9 Å². The number of hydrogen-bond donors (Lipinski definition) is 2. The van der Waals surface area contributed by atoms with Crippen LogP contribution in [0, 0.1) is 0 Å². The van der Waals surface area contributed by atoms with Gasteiger partial charge >= 0.3 is 5.97 Å². The number of amides is 1. The fraction of sp³-hybridized carbons (Fsp3) is 0.130. The zero-order valence-electron chi connectivity index (χ0n) is 16.0. The van der Waals surface area contributed by atoms with Crippen LogP contribution in [0.25, 0.3) is 0 Å². The quantitative estimate of drug-likeness (QED) is 0.486. The molecule has 2 N–H and O–H groups in total. The summed E-state index contributed by atoms with van der Waals surface area (Å²) >= 11 is 5.87. The van der Waals surface area contributed by atoms with Crippen LogP contribution in [0.15, 0.2) is 72.8 Å². The minimum Gasteiger partial charge on any atom is -0.490 e. The van der Waals surface area contributed by atoms with Crippen molar-refractivity contribution in [3.63, 3.8) is 0 Å². The van der Waals surface area contributed by atoms with Crippen LogP contribution >= 0.6 is 11.6 Å². The number of halogens is 1. The predicted octanol–water partition coefficient (Wildman–Crippen LogP) is 4.68. The Bertz CT molecular complexity index is 1000. The molecule has 1 amide bonds. The molecule has 0 fully saturated rings. The lowest BCUT2D eigenvalue weighted by atomic mass is 10.1. The second kappa shape index (κ2) is 10.3. The molecule has 3 aromatic carbocycles. The smallest absolute Gasteiger partial charge is 0.335 e. The van der Waals surface area contributed by atoms with E-state index in [1.807, 2.05) is 24.3 Å². The fourth-order valence-electron chi connectivity index (χ4n) is 2.68. The molecule has 0 aliphatic carbocycles. The van der Waals surface area contributed by atoms with Crippen molar-refractivity contribution in [1.29, 1.82) is 0 Å². The van der Waals surface area contributed by atoms with E-state index < -0.39 is 5.97 Å². The van der Waals surface area contributed by atoms with Crippen molar-refractivity contribution in [2.75, 3.05) is 18.5 Å². The zero-order valence-corrected chi connectivity index (χ0v) is 16.8. The summed E-state index contributed by atoms with van der Waals surface area (Å²) in [5, 5.41) is 12.4. The number of anilines is 1. The van der Waals surface area contributed by atoms with Crippen LogP contribution in [0.3, 0.4) is 0 Å². The number of aromatic carboxylic acids is 1. The highest BCUT2D eigenvalue weighted by molar-refractivity contribution is 6.30. The summed E-state index contributed by atoms with van der Waals surface area (Å²) in [7, 11) is 0. The van der Waals surface area contributed by atoms with Gasteiger partial charge in [-0.3, -0.25) is 4.79 Å². The van der Waals surface area contributed by atoms with Crippen molar-refractivity contribution in [1.82, 2.24) is 0 Å². The molecule has 0 saturated carbocycles. The van der Waals surface area contributed by atoms with Gasteiger partial charge in [0.05, 0.1) is 17.7 Å². The highest BCUT2D eigenvalue weighted by Crippen LogP contribution is 2.24. The molecule has 0 unspecified atom stereocenters. The zero-order chi connectivity index (χ0) is 21.3. The summed E-state index contributed by atoms with van der Waals surface area (Å²) in [6, 6.07) is 20.4. The summed E-state index contributed by atoms with van der Waals surface area (Å²) < 4.78 is 11.3. The van der Waals surface area contributed by atoms with Crippen LogP contribution in [0.2, 0.25) is 5.02 Å². The molecule has 3 rings (SSSR count). The number of para-hydroxylation sites is 2. The Labute approximate surface area is 179 Å². The van der Waals surface area contributed by atoms with Crippen molar-refractivity contribution in [3.8, 4) is 11.5 Å². The molecule has 0 aromatic heterocycles. The summed E-state index contributed by atoms with van der Waals surface area (Å²) in [5.74, 6) is -0.0670. The molecule has 0 spiro atoms. The molecule has 0 aliphatic heterocycles. The Morgan fingerprint density at radius 3 is 2.23 bits per heavy atom. The van der Waals surface area contributed by atoms with Crippen LogP contribution in [-0.4, -0.2) is 30.2 Å². The molecule has 0 saturated heterocycles. The Morgan fingerprint density at radius 2 is 1.53 bits per heavy atom. The molecule has 0 radical (unpaired) electrons. The number of carbonyl (C=O) groups excluding carboxylic acids is 1. The van der Waals surface area contributed by atoms with Crippen molar-refractivity contribution < 1.29 is 24.2 Å². The molecule has 0 heterocycles. The first-order valence-electron chi connectivity index (χ1n) is 9.23. The predicted molar refractivity (Wildman–Crippen MR) is 115 cm³/mol. The summed E-state index contributed by atoms with van der Waals surface area (Å²) in [6.07, 6.45) is 0.223. The highest BCUT2D eigenvalue weighted by atomic mass is 35.5. The van der Waals surface area contributed by atoms with Gasteiger partial charge in [-0.05, 0) is 54.1 Å². The molecule has 0 aliphatic rings. The van der Waals surface area contributed by atoms with E-state index in [1.54, 1.807) is 36.4 Å². The number of carbonyl (C=O) groups is 2. The molecule has 7 heteroatoms. The van der Waals surface area contributed by atoms with Crippen molar-refractivity contribution in [2.24, 2.45) is 0 Å². The van der Waals surface area contributed by atoms with Gasteiger partial charge in [0.1, 0.15) is 24.7 Å². The largest absolute Gasteiger partial charge is 0.490 e. The monoisotopic (exact) mass is 425 g/mol. The molecular formula is C23H20ClNO5. The van der Waals surface area contributed by atoms with Gasteiger partial charge in [0.25, 0.3) is 0 Å². The molecule has 3 aromatic rings. The Morgan fingerprint density at radius 1 is 0.867 bits per heavy atom. The maximum absolute atomic E-state index is 12.3. The number of rotatable bonds is 9. The second-order valence-electron chi connectivity index (χ2n) is 6.37. The standard InChI is InChI=1S/C23H20ClNO5/c24-18-9-5-16(6-10-18)15-22(26)25-20-3-1-2-4-21(20)30-14-13-29-19-11-7-17(8-12-19)23(27)28/h1-12H,13-15H2,(H,25,26)(H,27,28). The average Bonchev–Trinajstić information content (AvgIpc) is 2.74. The normalized spacial score (nSPS) is 10.3. The van der Waals surface area contributed by atoms with Crippen LogP contribution in [-0.2, 0) is 11.2 Å². The Hall–Kier alpha value is -3.51. The minimum absolute atomic E-state index is 0.164. The summed E-state index contributed by atoms with van der Waals surface area (Å²) in [4.78, 5) is 23.2. The van der Waals surface area contributed by atoms with Gasteiger partial charge in [-0.25, -0.2) is 4.79 Å². The van der Waals surface area contributed by atoms with Gasteiger partial charge < -0.3 is 19.9 Å². The summed E-state index contributed by atoms with van der Waals surface area (Å²) in [6.45, 7) is 0.518. The lowest BCUT2D eigenvalue weighted by molar-refractivity contribution is -0.115. The average molecular weight is 426 g/mol. The van der Waals surface area contributed by atoms with Gasteiger partial charge in [-0.1, -0.05) is 35.9 Å². The number of carboxylic acid groups (broad SMARTS) is 1. The molecule has 30 heavy (non-hydrogen) atoms. The third-order valence-corrected chi connectivity index (χ3v) is 4.40. The van der Waals surface area contributed by atoms with Crippen molar-refractivity contribution in [3.05, 3.63) is 88.9 Å². The van der Waals surface area contributed by atoms with E-state index in [0.29, 0.717) is 22.2 Å². The number of nitrogens with one attached hydrogen (secondary N) is 1. The van der Waals surface area contributed by atoms with Crippen LogP contribution in [0.4, 0.5) is 5.69 Å². The third kappa shape index (κ3) is 6.25. The SMILES string of the molecule is O=C(Cc1ccc(Cl)cc1)Nc1ccccc1OCCOc1ccc(C(=O)O)cc1. The van der Waals surface area contributed by atoms with Crippen molar-refractivity contribution >= 4 is 29.2 Å². The lowest BCUT2D eigenvalue weighted by Crippen LogP contribution is -2.16. The maximum atomic E-state index is 12.3. The fourth-order valence-corrected chi connectivity index (χ4v) is 2.81. The van der Waals surface area contributed by atoms with E-state index >= 15 is 0 Å². The van der Waals surface area contributed by atoms with Gasteiger partial charge in [-0.2, -0.15) is 0 Å². The maximum Gasteiger partial charge on any atom is 0.335 e. The van der Waals surface area contributed by atoms with Gasteiger partial charge in [-0.15, -0.1) is 0 Å². The van der Waals surface area contributed by atoms with Crippen molar-refractivity contribution in [2.45, 2.75) is 6.42 Å². The first kappa shape index (κ1) is 21.2. The first-order valence-corrected chi connectivity index (χ1v) is 9.61. The number of hydrogen-bond acceptors (Lipinski definition) is 4. The van der Waals surface area contributed by atoms with E-state index in [9.17, 15) is 9.59 Å². The van der Waals surface area contributed by atoms with Gasteiger partial charge in [0.15, 0.2) is 0 Å². The van der Waals surface area contributed by atoms with E-state index in [0.717, 1.165) is 5.56 Å². The first-order chi connectivity index (χ1) is 14.5. The van der Waals surface area contributed by atoms with Gasteiger partial charge in [0.2, 0.25) is 5.91 Å². The van der Waals surface area contributed by atoms with Crippen LogP contribution < -0.4 is 14.8 Å². The Balaban J connectivity index is 1.50. The van der Waals surface area contributed by atoms with E-state index in [-0.39, 0.29) is 31.1 Å². The number of benzene rings is 3. The highest BCUT2D eigenvalue weighted by Gasteiger charge is 2.09. The molecule has 0 atom stereocenters. The second-order valence-corrected chi connectivity index (χ2v) is 6.81. The number of carboxylic acids is 1. The van der Waals surface area contributed by atoms with Crippen LogP contribution in [0.5, 0.6) is 11.5 Å². The minimum atomic E-state index is -0.986. The summed E-state index contributed by atoms with van der Waals surface area (Å²) in [5.41, 5.74) is 1.63. The number of ether oxygens (including phenoxy) is 2. The molecule has 0 bridgehead atoms. The molecular weight excluding hydrogens is 406 g/mol. The van der Waals surface area contributed by atoms with E-state index in [2.05, 4.69) is 5.32 Å². The topological polar surface area (TPSA) is 84.9 Å².